The first-order valence-electron chi connectivity index (χ1n) is 3.83. The largest absolute Gasteiger partial charge is 0.344 e. The van der Waals surface area contributed by atoms with Crippen LogP contribution in [0, 0.1) is 0 Å². The number of rotatable bonds is 5. The first-order chi connectivity index (χ1) is 5.43. The van der Waals surface area contributed by atoms with Gasteiger partial charge >= 0.3 is 0 Å². The van der Waals surface area contributed by atoms with Gasteiger partial charge in [0, 0.05) is 5.27 Å². The summed E-state index contributed by atoms with van der Waals surface area (Å²) < 4.78 is 4.59. The van der Waals surface area contributed by atoms with Gasteiger partial charge in [0.2, 0.25) is 0 Å². The van der Waals surface area contributed by atoms with Crippen molar-refractivity contribution in [2.75, 3.05) is 5.75 Å². The Balaban J connectivity index is 2.04. The number of aromatic nitrogens is 2. The van der Waals surface area contributed by atoms with Crippen LogP contribution in [0.4, 0.5) is 0 Å². The van der Waals surface area contributed by atoms with E-state index in [1.165, 1.54) is 19.3 Å². The van der Waals surface area contributed by atoms with E-state index in [1.807, 2.05) is 0 Å². The highest BCUT2D eigenvalue weighted by molar-refractivity contribution is 7.99. The van der Waals surface area contributed by atoms with Crippen LogP contribution < -0.4 is 0 Å². The molecular formula is C7H12N2OS. The van der Waals surface area contributed by atoms with Crippen molar-refractivity contribution in [2.24, 2.45) is 0 Å². The van der Waals surface area contributed by atoms with Gasteiger partial charge in [-0.2, -0.15) is 0 Å². The van der Waals surface area contributed by atoms with Gasteiger partial charge in [-0.15, -0.1) is 16.9 Å². The van der Waals surface area contributed by atoms with Gasteiger partial charge in [-0.3, -0.25) is 0 Å². The summed E-state index contributed by atoms with van der Waals surface area (Å²) in [5, 5.41) is 8.03. The molecule has 0 aliphatic heterocycles. The molecule has 0 aliphatic carbocycles. The molecule has 0 spiro atoms. The van der Waals surface area contributed by atoms with Gasteiger partial charge < -0.3 is 4.52 Å². The van der Waals surface area contributed by atoms with Crippen LogP contribution in [-0.4, -0.2) is 16.1 Å². The lowest BCUT2D eigenvalue weighted by molar-refractivity contribution is 0.392. The lowest BCUT2D eigenvalue weighted by atomic mass is 10.3. The molecule has 0 radical (unpaired) electrons. The van der Waals surface area contributed by atoms with Crippen LogP contribution in [0.2, 0.25) is 0 Å². The predicted molar refractivity (Wildman–Crippen MR) is 44.5 cm³/mol. The Morgan fingerprint density at radius 3 is 3.09 bits per heavy atom. The highest BCUT2D eigenvalue weighted by Crippen LogP contribution is 2.15. The van der Waals surface area contributed by atoms with Crippen LogP contribution in [0.15, 0.2) is 15.8 Å². The van der Waals surface area contributed by atoms with Crippen molar-refractivity contribution in [2.45, 2.75) is 31.2 Å². The molecule has 1 rings (SSSR count). The second-order valence-electron chi connectivity index (χ2n) is 2.30. The molecule has 0 aliphatic rings. The van der Waals surface area contributed by atoms with Gasteiger partial charge in [0.1, 0.15) is 0 Å². The van der Waals surface area contributed by atoms with Crippen molar-refractivity contribution in [3.63, 3.8) is 0 Å². The smallest absolute Gasteiger partial charge is 0.160 e. The van der Waals surface area contributed by atoms with Crippen molar-refractivity contribution >= 4 is 11.8 Å². The lowest BCUT2D eigenvalue weighted by Crippen LogP contribution is -1.79. The maximum atomic E-state index is 4.59. The van der Waals surface area contributed by atoms with Crippen LogP contribution in [-0.2, 0) is 0 Å². The second kappa shape index (κ2) is 5.18. The standard InChI is InChI=1S/C7H12N2OS/c1-2-3-4-5-11-7-6-10-9-8-7/h6H,2-5H2,1H3. The average Bonchev–Trinajstić information content (AvgIpc) is 2.50. The van der Waals surface area contributed by atoms with Gasteiger partial charge in [0.25, 0.3) is 0 Å². The molecule has 1 heterocycles. The number of nitrogens with zero attached hydrogens (tertiary/aromatic N) is 2. The van der Waals surface area contributed by atoms with Crippen molar-refractivity contribution in [3.8, 4) is 0 Å². The Labute approximate surface area is 70.5 Å². The molecule has 0 saturated heterocycles. The van der Waals surface area contributed by atoms with Gasteiger partial charge in [-0.1, -0.05) is 19.8 Å². The number of thioether (sulfide) groups is 1. The third-order valence-corrected chi connectivity index (χ3v) is 2.30. The molecule has 1 aromatic rings. The zero-order valence-corrected chi connectivity index (χ0v) is 7.43. The Bertz CT molecular complexity index is 177. The monoisotopic (exact) mass is 172 g/mol. The van der Waals surface area contributed by atoms with E-state index < -0.39 is 0 Å². The Morgan fingerprint density at radius 2 is 2.45 bits per heavy atom. The molecule has 0 saturated carbocycles. The molecule has 11 heavy (non-hydrogen) atoms. The predicted octanol–water partition coefficient (Wildman–Crippen LogP) is 2.35. The maximum absolute atomic E-state index is 4.59. The minimum atomic E-state index is 0.890. The van der Waals surface area contributed by atoms with E-state index in [2.05, 4.69) is 21.8 Å². The summed E-state index contributed by atoms with van der Waals surface area (Å²) in [5.41, 5.74) is 0. The summed E-state index contributed by atoms with van der Waals surface area (Å²) in [4.78, 5) is 0. The van der Waals surface area contributed by atoms with Crippen molar-refractivity contribution < 1.29 is 4.52 Å². The van der Waals surface area contributed by atoms with Crippen LogP contribution >= 0.6 is 11.8 Å². The molecule has 3 nitrogen and oxygen atoms in total. The third kappa shape index (κ3) is 3.41. The molecule has 62 valence electrons. The van der Waals surface area contributed by atoms with Gasteiger partial charge in [-0.05, 0) is 12.2 Å². The molecule has 0 bridgehead atoms. The topological polar surface area (TPSA) is 38.9 Å². The van der Waals surface area contributed by atoms with Crippen LogP contribution in [0.25, 0.3) is 0 Å². The van der Waals surface area contributed by atoms with Gasteiger partial charge in [-0.25, -0.2) is 0 Å². The van der Waals surface area contributed by atoms with Crippen molar-refractivity contribution in [1.29, 1.82) is 0 Å². The molecule has 0 aromatic carbocycles. The van der Waals surface area contributed by atoms with E-state index in [-0.39, 0.29) is 0 Å². The van der Waals surface area contributed by atoms with Crippen LogP contribution in [0.1, 0.15) is 26.2 Å². The number of hydrogen-bond acceptors (Lipinski definition) is 4. The van der Waals surface area contributed by atoms with Crippen molar-refractivity contribution in [1.82, 2.24) is 10.4 Å². The molecule has 0 N–H and O–H groups in total. The average molecular weight is 172 g/mol. The summed E-state index contributed by atoms with van der Waals surface area (Å²) in [5.74, 6) is 1.11. The zero-order chi connectivity index (χ0) is 7.94. The molecule has 0 amide bonds. The van der Waals surface area contributed by atoms with Crippen molar-refractivity contribution in [3.05, 3.63) is 6.26 Å². The molecule has 4 heteroatoms. The summed E-state index contributed by atoms with van der Waals surface area (Å²) in [6.45, 7) is 2.20. The zero-order valence-electron chi connectivity index (χ0n) is 6.62. The molecular weight excluding hydrogens is 160 g/mol. The number of hydrogen-bond donors (Lipinski definition) is 0. The lowest BCUT2D eigenvalue weighted by Gasteiger charge is -1.93. The summed E-state index contributed by atoms with van der Waals surface area (Å²) in [6.07, 6.45) is 5.38. The summed E-state index contributed by atoms with van der Waals surface area (Å²) in [6, 6.07) is 0. The Morgan fingerprint density at radius 1 is 1.55 bits per heavy atom. The first-order valence-corrected chi connectivity index (χ1v) is 4.82. The maximum Gasteiger partial charge on any atom is 0.160 e. The minimum absolute atomic E-state index is 0.890. The van der Waals surface area contributed by atoms with E-state index in [0.29, 0.717) is 0 Å². The van der Waals surface area contributed by atoms with Crippen LogP contribution in [0.3, 0.4) is 0 Å². The fourth-order valence-corrected chi connectivity index (χ4v) is 1.51. The summed E-state index contributed by atoms with van der Waals surface area (Å²) >= 11 is 1.70. The Kier molecular flexibility index (Phi) is 4.04. The summed E-state index contributed by atoms with van der Waals surface area (Å²) in [7, 11) is 0. The fraction of sp³-hybridized carbons (Fsp3) is 0.714. The van der Waals surface area contributed by atoms with E-state index in [1.54, 1.807) is 18.0 Å². The molecule has 0 unspecified atom stereocenters. The van der Waals surface area contributed by atoms with Gasteiger partial charge in [0.15, 0.2) is 11.3 Å². The fourth-order valence-electron chi connectivity index (χ4n) is 0.748. The molecule has 1 aromatic heterocycles. The van der Waals surface area contributed by atoms with E-state index in [0.717, 1.165) is 10.8 Å². The molecule has 0 atom stereocenters. The minimum Gasteiger partial charge on any atom is -0.344 e. The van der Waals surface area contributed by atoms with E-state index in [9.17, 15) is 0 Å². The third-order valence-electron chi connectivity index (χ3n) is 1.34. The second-order valence-corrected chi connectivity index (χ2v) is 3.41. The normalized spacial score (nSPS) is 10.3. The van der Waals surface area contributed by atoms with E-state index in [4.69, 9.17) is 0 Å². The van der Waals surface area contributed by atoms with E-state index >= 15 is 0 Å². The Hall–Kier alpha value is -0.510. The SMILES string of the molecule is CCCCCSc1conn1. The highest BCUT2D eigenvalue weighted by Gasteiger charge is 1.96. The molecule has 0 fully saturated rings. The van der Waals surface area contributed by atoms with Crippen LogP contribution in [0.5, 0.6) is 0 Å². The quantitative estimate of drug-likeness (QED) is 0.505. The first kappa shape index (κ1) is 8.59. The number of unbranched alkanes of at least 4 members (excludes halogenated alkanes) is 2. The highest BCUT2D eigenvalue weighted by atomic mass is 32.2. The van der Waals surface area contributed by atoms with Gasteiger partial charge in [0.05, 0.1) is 0 Å².